The van der Waals surface area contributed by atoms with Crippen LogP contribution in [0.4, 0.5) is 11.8 Å². The number of hydrogen-bond acceptors (Lipinski definition) is 5. The molecule has 2 N–H and O–H groups in total. The summed E-state index contributed by atoms with van der Waals surface area (Å²) in [6.07, 6.45) is 2.42. The molecule has 1 aliphatic heterocycles. The Bertz CT molecular complexity index is 768. The Morgan fingerprint density at radius 1 is 1.26 bits per heavy atom. The number of nitrogens with zero attached hydrogens (tertiary/aromatic N) is 3. The SMILES string of the molecule is CC(C)NC(=S)Nc1nc(Oc2ccccc2)cc(N2CCC[C@@H](C)C2)n1. The summed E-state index contributed by atoms with van der Waals surface area (Å²) in [7, 11) is 0. The third-order valence-electron chi connectivity index (χ3n) is 4.28. The van der Waals surface area contributed by atoms with Gasteiger partial charge in [-0.2, -0.15) is 9.97 Å². The Balaban J connectivity index is 1.85. The van der Waals surface area contributed by atoms with Gasteiger partial charge in [0.25, 0.3) is 0 Å². The summed E-state index contributed by atoms with van der Waals surface area (Å²) in [6.45, 7) is 8.31. The fourth-order valence-electron chi connectivity index (χ4n) is 3.09. The highest BCUT2D eigenvalue weighted by Crippen LogP contribution is 2.27. The van der Waals surface area contributed by atoms with E-state index in [1.54, 1.807) is 0 Å². The van der Waals surface area contributed by atoms with Crippen LogP contribution >= 0.6 is 12.2 Å². The van der Waals surface area contributed by atoms with Crippen LogP contribution in [0.1, 0.15) is 33.6 Å². The van der Waals surface area contributed by atoms with Gasteiger partial charge in [0.15, 0.2) is 5.11 Å². The minimum atomic E-state index is 0.233. The second-order valence-electron chi connectivity index (χ2n) is 7.25. The number of hydrogen-bond donors (Lipinski definition) is 2. The Kier molecular flexibility index (Phi) is 6.45. The first-order chi connectivity index (χ1) is 13.0. The van der Waals surface area contributed by atoms with Gasteiger partial charge in [-0.15, -0.1) is 0 Å². The van der Waals surface area contributed by atoms with Crippen LogP contribution in [0.3, 0.4) is 0 Å². The molecule has 27 heavy (non-hydrogen) atoms. The van der Waals surface area contributed by atoms with Crippen molar-refractivity contribution >= 4 is 29.1 Å². The van der Waals surface area contributed by atoms with Gasteiger partial charge in [0.05, 0.1) is 0 Å². The molecule has 2 heterocycles. The van der Waals surface area contributed by atoms with Gasteiger partial charge >= 0.3 is 0 Å². The highest BCUT2D eigenvalue weighted by atomic mass is 32.1. The number of piperidine rings is 1. The van der Waals surface area contributed by atoms with Crippen LogP contribution in [0.5, 0.6) is 11.6 Å². The zero-order valence-electron chi connectivity index (χ0n) is 16.1. The molecule has 1 saturated heterocycles. The van der Waals surface area contributed by atoms with E-state index in [2.05, 4.69) is 32.4 Å². The molecule has 0 amide bonds. The summed E-state index contributed by atoms with van der Waals surface area (Å²) in [4.78, 5) is 11.5. The van der Waals surface area contributed by atoms with E-state index in [1.165, 1.54) is 6.42 Å². The van der Waals surface area contributed by atoms with Gasteiger partial charge in [0.2, 0.25) is 11.8 Å². The molecule has 3 rings (SSSR count). The first-order valence-electron chi connectivity index (χ1n) is 9.44. The molecule has 0 saturated carbocycles. The third kappa shape index (κ3) is 5.79. The number of para-hydroxylation sites is 1. The fraction of sp³-hybridized carbons (Fsp3) is 0.450. The molecule has 0 bridgehead atoms. The Hall–Kier alpha value is -2.41. The molecule has 0 aliphatic carbocycles. The number of aromatic nitrogens is 2. The first-order valence-corrected chi connectivity index (χ1v) is 9.85. The van der Waals surface area contributed by atoms with Crippen molar-refractivity contribution in [2.24, 2.45) is 5.92 Å². The van der Waals surface area contributed by atoms with Crippen molar-refractivity contribution in [1.82, 2.24) is 15.3 Å². The molecule has 7 heteroatoms. The maximum Gasteiger partial charge on any atom is 0.234 e. The highest BCUT2D eigenvalue weighted by Gasteiger charge is 2.20. The van der Waals surface area contributed by atoms with Crippen LogP contribution in [0.25, 0.3) is 0 Å². The van der Waals surface area contributed by atoms with Gasteiger partial charge in [0.1, 0.15) is 11.6 Å². The Labute approximate surface area is 166 Å². The first kappa shape index (κ1) is 19.4. The van der Waals surface area contributed by atoms with Gasteiger partial charge < -0.3 is 20.3 Å². The smallest absolute Gasteiger partial charge is 0.234 e. The predicted octanol–water partition coefficient (Wildman–Crippen LogP) is 4.20. The minimum Gasteiger partial charge on any atom is -0.439 e. The van der Waals surface area contributed by atoms with Gasteiger partial charge in [-0.05, 0) is 57.0 Å². The van der Waals surface area contributed by atoms with Crippen molar-refractivity contribution in [3.05, 3.63) is 36.4 Å². The quantitative estimate of drug-likeness (QED) is 0.748. The van der Waals surface area contributed by atoms with Crippen LogP contribution in [0, 0.1) is 5.92 Å². The number of nitrogens with one attached hydrogen (secondary N) is 2. The molecule has 1 aromatic heterocycles. The van der Waals surface area contributed by atoms with Crippen molar-refractivity contribution in [3.63, 3.8) is 0 Å². The Morgan fingerprint density at radius 2 is 2.04 bits per heavy atom. The van der Waals surface area contributed by atoms with Gasteiger partial charge in [-0.3, -0.25) is 0 Å². The largest absolute Gasteiger partial charge is 0.439 e. The van der Waals surface area contributed by atoms with E-state index in [1.807, 2.05) is 50.2 Å². The second kappa shape index (κ2) is 8.99. The maximum absolute atomic E-state index is 5.96. The molecule has 0 unspecified atom stereocenters. The minimum absolute atomic E-state index is 0.233. The summed E-state index contributed by atoms with van der Waals surface area (Å²) in [5.41, 5.74) is 0. The molecule has 6 nitrogen and oxygen atoms in total. The molecule has 144 valence electrons. The number of ether oxygens (including phenoxy) is 1. The van der Waals surface area contributed by atoms with E-state index < -0.39 is 0 Å². The summed E-state index contributed by atoms with van der Waals surface area (Å²) in [6, 6.07) is 11.8. The van der Waals surface area contributed by atoms with Crippen LogP contribution in [-0.4, -0.2) is 34.2 Å². The lowest BCUT2D eigenvalue weighted by Crippen LogP contribution is -2.36. The monoisotopic (exact) mass is 385 g/mol. The number of anilines is 2. The topological polar surface area (TPSA) is 62.3 Å². The highest BCUT2D eigenvalue weighted by molar-refractivity contribution is 7.80. The van der Waals surface area contributed by atoms with E-state index >= 15 is 0 Å². The number of rotatable bonds is 5. The summed E-state index contributed by atoms with van der Waals surface area (Å²) >= 11 is 5.35. The van der Waals surface area contributed by atoms with Crippen LogP contribution in [-0.2, 0) is 0 Å². The summed E-state index contributed by atoms with van der Waals surface area (Å²) in [5.74, 6) is 3.18. The van der Waals surface area contributed by atoms with Crippen molar-refractivity contribution < 1.29 is 4.74 Å². The number of benzene rings is 1. The van der Waals surface area contributed by atoms with Gasteiger partial charge in [-0.25, -0.2) is 0 Å². The number of thiocarbonyl (C=S) groups is 1. The van der Waals surface area contributed by atoms with E-state index in [4.69, 9.17) is 17.0 Å². The molecule has 0 spiro atoms. The summed E-state index contributed by atoms with van der Waals surface area (Å²) in [5, 5.41) is 6.73. The molecule has 1 aliphatic rings. The predicted molar refractivity (Wildman–Crippen MR) is 114 cm³/mol. The van der Waals surface area contributed by atoms with E-state index in [-0.39, 0.29) is 6.04 Å². The van der Waals surface area contributed by atoms with E-state index in [0.29, 0.717) is 22.9 Å². The standard InChI is InChI=1S/C20H27N5OS/c1-14(2)21-20(27)24-19-22-17(25-11-7-8-15(3)13-25)12-18(23-19)26-16-9-5-4-6-10-16/h4-6,9-10,12,14-15H,7-8,11,13H2,1-3H3,(H2,21,22,23,24,27)/t15-/m1/s1. The lowest BCUT2D eigenvalue weighted by molar-refractivity contribution is 0.440. The fourth-order valence-corrected chi connectivity index (χ4v) is 3.42. The zero-order valence-corrected chi connectivity index (χ0v) is 16.9. The molecule has 1 aromatic carbocycles. The van der Waals surface area contributed by atoms with Crippen molar-refractivity contribution in [2.75, 3.05) is 23.3 Å². The van der Waals surface area contributed by atoms with E-state index in [0.717, 1.165) is 31.1 Å². The zero-order chi connectivity index (χ0) is 19.2. The van der Waals surface area contributed by atoms with Crippen molar-refractivity contribution in [3.8, 4) is 11.6 Å². The van der Waals surface area contributed by atoms with E-state index in [9.17, 15) is 0 Å². The van der Waals surface area contributed by atoms with Crippen LogP contribution in [0.15, 0.2) is 36.4 Å². The average Bonchev–Trinajstić information content (AvgIpc) is 2.61. The Morgan fingerprint density at radius 3 is 2.74 bits per heavy atom. The third-order valence-corrected chi connectivity index (χ3v) is 4.50. The molecule has 0 radical (unpaired) electrons. The molecule has 1 fully saturated rings. The normalized spacial score (nSPS) is 16.9. The second-order valence-corrected chi connectivity index (χ2v) is 7.66. The van der Waals surface area contributed by atoms with Crippen LogP contribution < -0.4 is 20.3 Å². The molecular weight excluding hydrogens is 358 g/mol. The maximum atomic E-state index is 5.96. The molecule has 2 aromatic rings. The van der Waals surface area contributed by atoms with Gasteiger partial charge in [-0.1, -0.05) is 25.1 Å². The summed E-state index contributed by atoms with van der Waals surface area (Å²) < 4.78 is 5.96. The molecular formula is C20H27N5OS. The van der Waals surface area contributed by atoms with Crippen LogP contribution in [0.2, 0.25) is 0 Å². The van der Waals surface area contributed by atoms with Crippen molar-refractivity contribution in [2.45, 2.75) is 39.7 Å². The van der Waals surface area contributed by atoms with Gasteiger partial charge in [0, 0.05) is 25.2 Å². The lowest BCUT2D eigenvalue weighted by atomic mass is 10.0. The molecule has 1 atom stereocenters. The van der Waals surface area contributed by atoms with Crippen molar-refractivity contribution in [1.29, 1.82) is 0 Å². The lowest BCUT2D eigenvalue weighted by Gasteiger charge is -2.32. The average molecular weight is 386 g/mol.